The fraction of sp³-hybridized carbons (Fsp3) is 0.250. The maximum atomic E-state index is 11.0. The zero-order chi connectivity index (χ0) is 17.1. The summed E-state index contributed by atoms with van der Waals surface area (Å²) in [5, 5.41) is 20.7. The Morgan fingerprint density at radius 3 is 2.88 bits per heavy atom. The van der Waals surface area contributed by atoms with Gasteiger partial charge in [-0.15, -0.1) is 14.8 Å². The first-order valence-corrected chi connectivity index (χ1v) is 7.41. The standard InChI is InChI=1S/C16H17N5O3/c1-10-18-15-6-5-14(20-21(15)19-10)17-8-7-11-3-4-12(16(22)23)9-13(11)24-2/h3-6,9H,7-8H2,1-2H3,(H,17,20)(H,22,23). The third-order valence-electron chi connectivity index (χ3n) is 3.55. The largest absolute Gasteiger partial charge is 0.496 e. The van der Waals surface area contributed by atoms with Gasteiger partial charge in [-0.1, -0.05) is 6.07 Å². The zero-order valence-corrected chi connectivity index (χ0v) is 13.4. The van der Waals surface area contributed by atoms with Crippen LogP contribution >= 0.6 is 0 Å². The summed E-state index contributed by atoms with van der Waals surface area (Å²) in [5.74, 6) is 0.946. The lowest BCUT2D eigenvalue weighted by atomic mass is 10.1. The quantitative estimate of drug-likeness (QED) is 0.711. The number of fused-ring (bicyclic) bond motifs is 1. The molecule has 24 heavy (non-hydrogen) atoms. The normalized spacial score (nSPS) is 10.8. The van der Waals surface area contributed by atoms with Crippen LogP contribution in [0, 0.1) is 6.92 Å². The number of aryl methyl sites for hydroxylation is 1. The molecule has 0 saturated carbocycles. The molecule has 0 amide bonds. The first-order valence-electron chi connectivity index (χ1n) is 7.41. The summed E-state index contributed by atoms with van der Waals surface area (Å²) >= 11 is 0. The van der Waals surface area contributed by atoms with Crippen LogP contribution in [-0.2, 0) is 6.42 Å². The van der Waals surface area contributed by atoms with Crippen LogP contribution in [-0.4, -0.2) is 44.5 Å². The van der Waals surface area contributed by atoms with Gasteiger partial charge in [-0.05, 0) is 43.2 Å². The third kappa shape index (κ3) is 3.27. The molecule has 0 aliphatic carbocycles. The van der Waals surface area contributed by atoms with E-state index in [0.717, 1.165) is 5.56 Å². The molecule has 0 spiro atoms. The van der Waals surface area contributed by atoms with Crippen molar-refractivity contribution in [1.29, 1.82) is 0 Å². The van der Waals surface area contributed by atoms with Gasteiger partial charge in [-0.25, -0.2) is 9.78 Å². The minimum absolute atomic E-state index is 0.206. The summed E-state index contributed by atoms with van der Waals surface area (Å²) < 4.78 is 6.76. The monoisotopic (exact) mass is 327 g/mol. The van der Waals surface area contributed by atoms with E-state index in [2.05, 4.69) is 20.5 Å². The number of anilines is 1. The second-order valence-corrected chi connectivity index (χ2v) is 5.23. The molecule has 3 aromatic rings. The number of hydrogen-bond donors (Lipinski definition) is 2. The molecule has 0 aliphatic heterocycles. The van der Waals surface area contributed by atoms with E-state index in [-0.39, 0.29) is 5.56 Å². The van der Waals surface area contributed by atoms with Gasteiger partial charge in [-0.2, -0.15) is 0 Å². The number of nitrogens with one attached hydrogen (secondary N) is 1. The Morgan fingerprint density at radius 2 is 2.12 bits per heavy atom. The molecule has 0 aliphatic rings. The molecule has 1 aromatic carbocycles. The van der Waals surface area contributed by atoms with E-state index in [1.165, 1.54) is 17.8 Å². The van der Waals surface area contributed by atoms with Gasteiger partial charge in [0.15, 0.2) is 5.65 Å². The molecule has 8 heteroatoms. The number of rotatable bonds is 6. The van der Waals surface area contributed by atoms with Crippen molar-refractivity contribution in [3.8, 4) is 5.75 Å². The first-order chi connectivity index (χ1) is 11.6. The number of hydrogen-bond acceptors (Lipinski definition) is 6. The summed E-state index contributed by atoms with van der Waals surface area (Å²) in [7, 11) is 1.53. The van der Waals surface area contributed by atoms with E-state index in [1.54, 1.807) is 12.1 Å². The summed E-state index contributed by atoms with van der Waals surface area (Å²) in [6.07, 6.45) is 0.666. The Kier molecular flexibility index (Phi) is 4.28. The van der Waals surface area contributed by atoms with Crippen molar-refractivity contribution in [3.05, 3.63) is 47.3 Å². The number of aromatic nitrogens is 4. The van der Waals surface area contributed by atoms with E-state index in [0.29, 0.717) is 36.0 Å². The summed E-state index contributed by atoms with van der Waals surface area (Å²) in [5.41, 5.74) is 1.83. The number of methoxy groups -OCH3 is 1. The molecule has 3 rings (SSSR count). The zero-order valence-electron chi connectivity index (χ0n) is 13.4. The molecule has 0 radical (unpaired) electrons. The number of benzene rings is 1. The molecule has 2 N–H and O–H groups in total. The fourth-order valence-electron chi connectivity index (χ4n) is 2.39. The molecule has 0 bridgehead atoms. The van der Waals surface area contributed by atoms with Crippen molar-refractivity contribution in [2.24, 2.45) is 0 Å². The van der Waals surface area contributed by atoms with Crippen LogP contribution in [0.25, 0.3) is 5.65 Å². The van der Waals surface area contributed by atoms with Gasteiger partial charge in [-0.3, -0.25) is 0 Å². The van der Waals surface area contributed by atoms with Gasteiger partial charge in [0.05, 0.1) is 12.7 Å². The summed E-state index contributed by atoms with van der Waals surface area (Å²) in [6, 6.07) is 8.55. The van der Waals surface area contributed by atoms with Crippen LogP contribution in [0.4, 0.5) is 5.82 Å². The maximum Gasteiger partial charge on any atom is 0.335 e. The number of carbonyl (C=O) groups is 1. The van der Waals surface area contributed by atoms with Gasteiger partial charge in [0, 0.05) is 6.54 Å². The maximum absolute atomic E-state index is 11.0. The Labute approximate surface area is 138 Å². The number of carboxylic acid groups (broad SMARTS) is 1. The number of aromatic carboxylic acids is 1. The average molecular weight is 327 g/mol. The molecule has 124 valence electrons. The van der Waals surface area contributed by atoms with Gasteiger partial charge >= 0.3 is 5.97 Å². The smallest absolute Gasteiger partial charge is 0.335 e. The second kappa shape index (κ2) is 6.53. The summed E-state index contributed by atoms with van der Waals surface area (Å²) in [6.45, 7) is 2.43. The molecule has 0 atom stereocenters. The van der Waals surface area contributed by atoms with E-state index >= 15 is 0 Å². The highest BCUT2D eigenvalue weighted by Gasteiger charge is 2.09. The minimum Gasteiger partial charge on any atom is -0.496 e. The molecular weight excluding hydrogens is 310 g/mol. The van der Waals surface area contributed by atoms with Crippen LogP contribution in [0.15, 0.2) is 30.3 Å². The number of carboxylic acids is 1. The van der Waals surface area contributed by atoms with Crippen LogP contribution in [0.3, 0.4) is 0 Å². The molecular formula is C16H17N5O3. The molecule has 2 aromatic heterocycles. The van der Waals surface area contributed by atoms with Crippen molar-refractivity contribution in [1.82, 2.24) is 19.8 Å². The number of ether oxygens (including phenoxy) is 1. The molecule has 2 heterocycles. The lowest BCUT2D eigenvalue weighted by molar-refractivity contribution is 0.0696. The van der Waals surface area contributed by atoms with Crippen molar-refractivity contribution < 1.29 is 14.6 Å². The average Bonchev–Trinajstić information content (AvgIpc) is 2.94. The van der Waals surface area contributed by atoms with Crippen LogP contribution in [0.1, 0.15) is 21.7 Å². The van der Waals surface area contributed by atoms with E-state index < -0.39 is 5.97 Å². The van der Waals surface area contributed by atoms with Crippen molar-refractivity contribution >= 4 is 17.4 Å². The number of nitrogens with zero attached hydrogens (tertiary/aromatic N) is 4. The Bertz CT molecular complexity index is 891. The van der Waals surface area contributed by atoms with Gasteiger partial charge < -0.3 is 15.2 Å². The SMILES string of the molecule is COc1cc(C(=O)O)ccc1CCNc1ccc2nc(C)nn2n1. The van der Waals surface area contributed by atoms with Gasteiger partial charge in [0.25, 0.3) is 0 Å². The molecule has 0 saturated heterocycles. The predicted molar refractivity (Wildman–Crippen MR) is 87.7 cm³/mol. The lowest BCUT2D eigenvalue weighted by Gasteiger charge is -2.10. The summed E-state index contributed by atoms with van der Waals surface area (Å²) in [4.78, 5) is 15.2. The molecule has 8 nitrogen and oxygen atoms in total. The fourth-order valence-corrected chi connectivity index (χ4v) is 2.39. The Hall–Kier alpha value is -3.16. The van der Waals surface area contributed by atoms with Gasteiger partial charge in [0.1, 0.15) is 17.4 Å². The van der Waals surface area contributed by atoms with Crippen molar-refractivity contribution in [2.45, 2.75) is 13.3 Å². The van der Waals surface area contributed by atoms with Gasteiger partial charge in [0.2, 0.25) is 0 Å². The van der Waals surface area contributed by atoms with Crippen LogP contribution in [0.2, 0.25) is 0 Å². The highest BCUT2D eigenvalue weighted by atomic mass is 16.5. The topological polar surface area (TPSA) is 102 Å². The van der Waals surface area contributed by atoms with E-state index in [1.807, 2.05) is 19.1 Å². The van der Waals surface area contributed by atoms with Crippen molar-refractivity contribution in [3.63, 3.8) is 0 Å². The first kappa shape index (κ1) is 15.7. The second-order valence-electron chi connectivity index (χ2n) is 5.23. The minimum atomic E-state index is -0.974. The lowest BCUT2D eigenvalue weighted by Crippen LogP contribution is -2.09. The predicted octanol–water partition coefficient (Wildman–Crippen LogP) is 1.79. The third-order valence-corrected chi connectivity index (χ3v) is 3.55. The van der Waals surface area contributed by atoms with E-state index in [9.17, 15) is 4.79 Å². The molecule has 0 unspecified atom stereocenters. The highest BCUT2D eigenvalue weighted by Crippen LogP contribution is 2.21. The highest BCUT2D eigenvalue weighted by molar-refractivity contribution is 5.88. The Balaban J connectivity index is 1.67. The molecule has 0 fully saturated rings. The van der Waals surface area contributed by atoms with Crippen molar-refractivity contribution in [2.75, 3.05) is 19.0 Å². The van der Waals surface area contributed by atoms with Crippen LogP contribution < -0.4 is 10.1 Å². The Morgan fingerprint density at radius 1 is 1.29 bits per heavy atom. The van der Waals surface area contributed by atoms with E-state index in [4.69, 9.17) is 9.84 Å². The van der Waals surface area contributed by atoms with Crippen LogP contribution in [0.5, 0.6) is 5.75 Å².